The maximum Gasteiger partial charge on any atom is 0.0214 e. The second-order valence-electron chi connectivity index (χ2n) is 6.54. The Kier molecular flexibility index (Phi) is 9.43. The summed E-state index contributed by atoms with van der Waals surface area (Å²) in [7, 11) is 0. The third-order valence-corrected chi connectivity index (χ3v) is 3.61. The summed E-state index contributed by atoms with van der Waals surface area (Å²) in [4.78, 5) is 0. The van der Waals surface area contributed by atoms with E-state index >= 15 is 0 Å². The molecule has 0 spiro atoms. The lowest BCUT2D eigenvalue weighted by atomic mass is 9.83. The molecule has 0 aliphatic heterocycles. The van der Waals surface area contributed by atoms with E-state index in [9.17, 15) is 0 Å². The van der Waals surface area contributed by atoms with E-state index in [0.717, 1.165) is 11.8 Å². The van der Waals surface area contributed by atoms with Crippen LogP contribution in [0.5, 0.6) is 0 Å². The number of alkyl halides is 1. The van der Waals surface area contributed by atoms with E-state index in [1.807, 2.05) is 0 Å². The topological polar surface area (TPSA) is 0 Å². The van der Waals surface area contributed by atoms with Gasteiger partial charge >= 0.3 is 0 Å². The van der Waals surface area contributed by atoms with Crippen molar-refractivity contribution < 1.29 is 0 Å². The number of hydrogen-bond acceptors (Lipinski definition) is 0. The Bertz CT molecular complexity index is 333. The molecule has 0 aromatic rings. The molecule has 0 nitrogen and oxygen atoms in total. The van der Waals surface area contributed by atoms with Crippen LogP contribution in [0.25, 0.3) is 0 Å². The van der Waals surface area contributed by atoms with Gasteiger partial charge in [-0.1, -0.05) is 71.6 Å². The SMILES string of the molecule is CC(C)=CCC/C(C)=C/CC/C(=C/CBr)C(C)(C)C. The highest BCUT2D eigenvalue weighted by atomic mass is 79.9. The molecule has 1 heteroatoms. The van der Waals surface area contributed by atoms with E-state index in [1.165, 1.54) is 30.4 Å². The first-order valence-electron chi connectivity index (χ1n) is 7.32. The molecule has 0 aromatic heterocycles. The number of rotatable bonds is 7. The lowest BCUT2D eigenvalue weighted by Gasteiger charge is -2.23. The first-order valence-corrected chi connectivity index (χ1v) is 8.44. The third kappa shape index (κ3) is 10.2. The van der Waals surface area contributed by atoms with E-state index in [-0.39, 0.29) is 5.41 Å². The van der Waals surface area contributed by atoms with Crippen LogP contribution in [0.2, 0.25) is 0 Å². The van der Waals surface area contributed by atoms with Gasteiger partial charge in [-0.3, -0.25) is 0 Å². The van der Waals surface area contributed by atoms with Gasteiger partial charge < -0.3 is 0 Å². The lowest BCUT2D eigenvalue weighted by Crippen LogP contribution is -2.09. The van der Waals surface area contributed by atoms with Crippen LogP contribution in [0.15, 0.2) is 34.9 Å². The van der Waals surface area contributed by atoms with E-state index in [1.54, 1.807) is 5.57 Å². The van der Waals surface area contributed by atoms with Crippen molar-refractivity contribution >= 4 is 15.9 Å². The second-order valence-corrected chi connectivity index (χ2v) is 7.19. The van der Waals surface area contributed by atoms with Crippen LogP contribution in [0.4, 0.5) is 0 Å². The zero-order chi connectivity index (χ0) is 14.9. The van der Waals surface area contributed by atoms with Gasteiger partial charge in [0.05, 0.1) is 0 Å². The molecule has 19 heavy (non-hydrogen) atoms. The third-order valence-electron chi connectivity index (χ3n) is 3.28. The van der Waals surface area contributed by atoms with E-state index < -0.39 is 0 Å². The highest BCUT2D eigenvalue weighted by molar-refractivity contribution is 9.09. The molecule has 0 aliphatic carbocycles. The van der Waals surface area contributed by atoms with Gasteiger partial charge in [0.1, 0.15) is 0 Å². The Hall–Kier alpha value is -0.300. The minimum atomic E-state index is 0.289. The molecule has 0 amide bonds. The molecular weight excluding hydrogens is 296 g/mol. The van der Waals surface area contributed by atoms with Crippen molar-refractivity contribution in [1.29, 1.82) is 0 Å². The summed E-state index contributed by atoms with van der Waals surface area (Å²) in [5.74, 6) is 0. The normalized spacial score (nSPS) is 13.6. The largest absolute Gasteiger partial charge is 0.0883 e. The molecule has 0 radical (unpaired) electrons. The summed E-state index contributed by atoms with van der Waals surface area (Å²) in [6.45, 7) is 13.5. The Morgan fingerprint density at radius 1 is 0.895 bits per heavy atom. The zero-order valence-corrected chi connectivity index (χ0v) is 15.2. The Morgan fingerprint density at radius 2 is 1.47 bits per heavy atom. The minimum Gasteiger partial charge on any atom is -0.0883 e. The number of hydrogen-bond donors (Lipinski definition) is 0. The summed E-state index contributed by atoms with van der Waals surface area (Å²) in [6.07, 6.45) is 11.8. The van der Waals surface area contributed by atoms with Gasteiger partial charge in [-0.25, -0.2) is 0 Å². The lowest BCUT2D eigenvalue weighted by molar-refractivity contribution is 0.482. The van der Waals surface area contributed by atoms with Gasteiger partial charge in [-0.2, -0.15) is 0 Å². The Morgan fingerprint density at radius 3 is 1.95 bits per heavy atom. The average Bonchev–Trinajstić information content (AvgIpc) is 2.26. The van der Waals surface area contributed by atoms with Gasteiger partial charge in [-0.05, 0) is 51.9 Å². The molecule has 0 heterocycles. The van der Waals surface area contributed by atoms with Crippen molar-refractivity contribution in [2.24, 2.45) is 5.41 Å². The van der Waals surface area contributed by atoms with E-state index in [2.05, 4.69) is 75.7 Å². The van der Waals surface area contributed by atoms with Crippen LogP contribution in [0.3, 0.4) is 0 Å². The minimum absolute atomic E-state index is 0.289. The monoisotopic (exact) mass is 326 g/mol. The summed E-state index contributed by atoms with van der Waals surface area (Å²) in [6, 6.07) is 0. The number of allylic oxidation sites excluding steroid dienone is 6. The maximum atomic E-state index is 3.51. The first kappa shape index (κ1) is 18.7. The van der Waals surface area contributed by atoms with Crippen molar-refractivity contribution in [3.8, 4) is 0 Å². The summed E-state index contributed by atoms with van der Waals surface area (Å²) in [5, 5.41) is 0.961. The molecule has 0 saturated heterocycles. The van der Waals surface area contributed by atoms with Gasteiger partial charge in [-0.15, -0.1) is 0 Å². The van der Waals surface area contributed by atoms with Crippen molar-refractivity contribution in [2.75, 3.05) is 5.33 Å². The summed E-state index contributed by atoms with van der Waals surface area (Å²) >= 11 is 3.51. The molecule has 0 aliphatic rings. The molecule has 0 saturated carbocycles. The van der Waals surface area contributed by atoms with Crippen LogP contribution in [-0.2, 0) is 0 Å². The summed E-state index contributed by atoms with van der Waals surface area (Å²) in [5.41, 5.74) is 4.78. The van der Waals surface area contributed by atoms with Crippen LogP contribution in [0.1, 0.15) is 67.2 Å². The molecule has 0 unspecified atom stereocenters. The van der Waals surface area contributed by atoms with E-state index in [4.69, 9.17) is 0 Å². The summed E-state index contributed by atoms with van der Waals surface area (Å²) < 4.78 is 0. The number of halogens is 1. The van der Waals surface area contributed by atoms with Crippen molar-refractivity contribution in [3.05, 3.63) is 34.9 Å². The predicted molar refractivity (Wildman–Crippen MR) is 93.0 cm³/mol. The fourth-order valence-corrected chi connectivity index (χ4v) is 2.43. The average molecular weight is 327 g/mol. The quantitative estimate of drug-likeness (QED) is 0.355. The van der Waals surface area contributed by atoms with Crippen molar-refractivity contribution in [3.63, 3.8) is 0 Å². The highest BCUT2D eigenvalue weighted by Gasteiger charge is 2.15. The molecule has 110 valence electrons. The Labute approximate surface area is 129 Å². The van der Waals surface area contributed by atoms with Crippen LogP contribution < -0.4 is 0 Å². The standard InChI is InChI=1S/C18H31Br/c1-15(2)9-7-10-16(3)11-8-12-17(13-14-19)18(4,5)6/h9,11,13H,7-8,10,12,14H2,1-6H3/b16-11+,17-13-. The van der Waals surface area contributed by atoms with Crippen molar-refractivity contribution in [1.82, 2.24) is 0 Å². The van der Waals surface area contributed by atoms with Gasteiger partial charge in [0.25, 0.3) is 0 Å². The van der Waals surface area contributed by atoms with Crippen LogP contribution in [0, 0.1) is 5.41 Å². The first-order chi connectivity index (χ1) is 8.77. The van der Waals surface area contributed by atoms with E-state index in [0.29, 0.717) is 0 Å². The molecule has 0 bridgehead atoms. The fourth-order valence-electron chi connectivity index (χ4n) is 2.04. The van der Waals surface area contributed by atoms with Gasteiger partial charge in [0, 0.05) is 5.33 Å². The highest BCUT2D eigenvalue weighted by Crippen LogP contribution is 2.29. The maximum absolute atomic E-state index is 3.51. The van der Waals surface area contributed by atoms with Crippen molar-refractivity contribution in [2.45, 2.75) is 67.2 Å². The Balaban J connectivity index is 4.25. The molecular formula is C18H31Br. The molecule has 0 fully saturated rings. The molecule has 0 rings (SSSR count). The molecule has 0 aromatic carbocycles. The van der Waals surface area contributed by atoms with Crippen LogP contribution >= 0.6 is 15.9 Å². The van der Waals surface area contributed by atoms with Gasteiger partial charge in [0.2, 0.25) is 0 Å². The zero-order valence-electron chi connectivity index (χ0n) is 13.6. The van der Waals surface area contributed by atoms with Crippen LogP contribution in [-0.4, -0.2) is 5.33 Å². The smallest absolute Gasteiger partial charge is 0.0214 e. The fraction of sp³-hybridized carbons (Fsp3) is 0.667. The molecule has 0 atom stereocenters. The predicted octanol–water partition coefficient (Wildman–Crippen LogP) is 6.83. The second kappa shape index (κ2) is 9.58. The molecule has 0 N–H and O–H groups in total. The van der Waals surface area contributed by atoms with Gasteiger partial charge in [0.15, 0.2) is 0 Å².